The molecule has 6 nitrogen and oxygen atoms in total. The lowest BCUT2D eigenvalue weighted by Gasteiger charge is -2.08. The van der Waals surface area contributed by atoms with Crippen LogP contribution >= 0.6 is 0 Å². The van der Waals surface area contributed by atoms with Crippen LogP contribution in [-0.4, -0.2) is 31.5 Å². The van der Waals surface area contributed by atoms with Gasteiger partial charge >= 0.3 is 0 Å². The van der Waals surface area contributed by atoms with Gasteiger partial charge in [0.15, 0.2) is 0 Å². The van der Waals surface area contributed by atoms with Crippen LogP contribution in [0.25, 0.3) is 11.4 Å². The van der Waals surface area contributed by atoms with E-state index < -0.39 is 0 Å². The van der Waals surface area contributed by atoms with E-state index in [1.807, 2.05) is 17.7 Å². The zero-order valence-electron chi connectivity index (χ0n) is 11.7. The van der Waals surface area contributed by atoms with Gasteiger partial charge in [0.1, 0.15) is 17.3 Å². The van der Waals surface area contributed by atoms with Crippen LogP contribution in [0.1, 0.15) is 32.5 Å². The van der Waals surface area contributed by atoms with Gasteiger partial charge < -0.3 is 5.32 Å². The second-order valence-corrected chi connectivity index (χ2v) is 4.45. The van der Waals surface area contributed by atoms with Crippen molar-refractivity contribution in [1.82, 2.24) is 25.0 Å². The molecule has 0 unspecified atom stereocenters. The smallest absolute Gasteiger partial charge is 0.130 e. The normalized spacial score (nSPS) is 10.7. The zero-order chi connectivity index (χ0) is 13.7. The highest BCUT2D eigenvalue weighted by Gasteiger charge is 2.10. The van der Waals surface area contributed by atoms with Crippen LogP contribution in [0.3, 0.4) is 0 Å². The summed E-state index contributed by atoms with van der Waals surface area (Å²) in [5, 5.41) is 11.3. The molecule has 19 heavy (non-hydrogen) atoms. The minimum Gasteiger partial charge on any atom is -0.370 e. The molecule has 0 bridgehead atoms. The van der Waals surface area contributed by atoms with Crippen LogP contribution in [0.15, 0.2) is 12.3 Å². The summed E-state index contributed by atoms with van der Waals surface area (Å²) in [7, 11) is 0. The maximum absolute atomic E-state index is 4.48. The fraction of sp³-hybridized carbons (Fsp3) is 0.538. The number of aryl methyl sites for hydroxylation is 2. The lowest BCUT2D eigenvalue weighted by atomic mass is 10.3. The number of nitrogens with one attached hydrogen (secondary N) is 1. The molecule has 0 aliphatic carbocycles. The van der Waals surface area contributed by atoms with Crippen molar-refractivity contribution < 1.29 is 0 Å². The van der Waals surface area contributed by atoms with Gasteiger partial charge in [-0.1, -0.05) is 19.1 Å². The molecule has 0 saturated carbocycles. The van der Waals surface area contributed by atoms with Crippen molar-refractivity contribution in [3.63, 3.8) is 0 Å². The summed E-state index contributed by atoms with van der Waals surface area (Å²) < 4.78 is 1.88. The van der Waals surface area contributed by atoms with Crippen molar-refractivity contribution in [1.29, 1.82) is 0 Å². The first-order valence-electron chi connectivity index (χ1n) is 6.73. The van der Waals surface area contributed by atoms with Crippen molar-refractivity contribution in [3.05, 3.63) is 18.1 Å². The van der Waals surface area contributed by atoms with Gasteiger partial charge in [-0.25, -0.2) is 14.6 Å². The average molecular weight is 260 g/mol. The average Bonchev–Trinajstić information content (AvgIpc) is 2.84. The number of nitrogens with zero attached hydrogens (tertiary/aromatic N) is 5. The van der Waals surface area contributed by atoms with E-state index in [9.17, 15) is 0 Å². The second kappa shape index (κ2) is 6.26. The van der Waals surface area contributed by atoms with Crippen LogP contribution in [0.2, 0.25) is 0 Å². The van der Waals surface area contributed by atoms with E-state index in [-0.39, 0.29) is 0 Å². The molecule has 0 spiro atoms. The summed E-state index contributed by atoms with van der Waals surface area (Å²) in [6, 6.07) is 1.95. The van der Waals surface area contributed by atoms with E-state index in [1.165, 1.54) is 0 Å². The summed E-state index contributed by atoms with van der Waals surface area (Å²) >= 11 is 0. The molecule has 6 heteroatoms. The van der Waals surface area contributed by atoms with Gasteiger partial charge in [-0.05, 0) is 19.8 Å². The summed E-state index contributed by atoms with van der Waals surface area (Å²) in [5.74, 6) is 1.61. The Balaban J connectivity index is 2.32. The largest absolute Gasteiger partial charge is 0.370 e. The predicted octanol–water partition coefficient (Wildman–Crippen LogP) is 2.28. The minimum atomic E-state index is 0.750. The minimum absolute atomic E-state index is 0.750. The maximum atomic E-state index is 4.48. The summed E-state index contributed by atoms with van der Waals surface area (Å²) in [6.45, 7) is 7.89. The van der Waals surface area contributed by atoms with Gasteiger partial charge in [0.25, 0.3) is 0 Å². The van der Waals surface area contributed by atoms with E-state index in [0.29, 0.717) is 0 Å². The number of rotatable bonds is 6. The fourth-order valence-electron chi connectivity index (χ4n) is 1.88. The quantitative estimate of drug-likeness (QED) is 0.863. The fourth-order valence-corrected chi connectivity index (χ4v) is 1.88. The molecule has 0 aliphatic heterocycles. The van der Waals surface area contributed by atoms with E-state index >= 15 is 0 Å². The molecule has 2 heterocycles. The maximum Gasteiger partial charge on any atom is 0.130 e. The molecule has 0 aliphatic rings. The third kappa shape index (κ3) is 3.27. The summed E-state index contributed by atoms with van der Waals surface area (Å²) in [6.07, 6.45) is 3.83. The molecule has 0 radical (unpaired) electrons. The van der Waals surface area contributed by atoms with E-state index in [4.69, 9.17) is 0 Å². The van der Waals surface area contributed by atoms with Crippen molar-refractivity contribution in [2.24, 2.45) is 0 Å². The highest BCUT2D eigenvalue weighted by Crippen LogP contribution is 2.19. The molecule has 0 atom stereocenters. The Bertz CT molecular complexity index is 534. The molecule has 102 valence electrons. The Morgan fingerprint density at radius 1 is 1.21 bits per heavy atom. The van der Waals surface area contributed by atoms with Gasteiger partial charge in [0.2, 0.25) is 0 Å². The van der Waals surface area contributed by atoms with Gasteiger partial charge in [-0.3, -0.25) is 0 Å². The lowest BCUT2D eigenvalue weighted by Crippen LogP contribution is -2.06. The van der Waals surface area contributed by atoms with E-state index in [0.717, 1.165) is 49.0 Å². The van der Waals surface area contributed by atoms with Crippen molar-refractivity contribution in [2.75, 3.05) is 11.9 Å². The zero-order valence-corrected chi connectivity index (χ0v) is 11.7. The second-order valence-electron chi connectivity index (χ2n) is 4.45. The monoisotopic (exact) mass is 260 g/mol. The molecule has 0 amide bonds. The first-order valence-corrected chi connectivity index (χ1v) is 6.73. The number of hydrogen-bond acceptors (Lipinski definition) is 5. The van der Waals surface area contributed by atoms with Gasteiger partial charge in [0.05, 0.1) is 11.9 Å². The van der Waals surface area contributed by atoms with Gasteiger partial charge in [-0.15, -0.1) is 5.10 Å². The third-order valence-corrected chi connectivity index (χ3v) is 2.71. The number of aromatic nitrogens is 5. The van der Waals surface area contributed by atoms with Crippen LogP contribution in [-0.2, 0) is 6.54 Å². The van der Waals surface area contributed by atoms with Gasteiger partial charge in [-0.2, -0.15) is 0 Å². The molecule has 0 aromatic carbocycles. The van der Waals surface area contributed by atoms with Crippen LogP contribution in [0, 0.1) is 6.92 Å². The van der Waals surface area contributed by atoms with Crippen LogP contribution < -0.4 is 5.32 Å². The summed E-state index contributed by atoms with van der Waals surface area (Å²) in [5.41, 5.74) is 1.80. The molecule has 1 N–H and O–H groups in total. The Kier molecular flexibility index (Phi) is 4.43. The predicted molar refractivity (Wildman–Crippen MR) is 74.9 cm³/mol. The first kappa shape index (κ1) is 13.5. The molecular formula is C13H20N6. The van der Waals surface area contributed by atoms with E-state index in [2.05, 4.69) is 39.4 Å². The molecule has 2 aromatic heterocycles. The summed E-state index contributed by atoms with van der Waals surface area (Å²) in [4.78, 5) is 8.86. The Morgan fingerprint density at radius 3 is 2.79 bits per heavy atom. The van der Waals surface area contributed by atoms with Crippen LogP contribution in [0.5, 0.6) is 0 Å². The number of anilines is 1. The van der Waals surface area contributed by atoms with Gasteiger partial charge in [0, 0.05) is 19.2 Å². The molecule has 2 aromatic rings. The molecular weight excluding hydrogens is 240 g/mol. The highest BCUT2D eigenvalue weighted by atomic mass is 15.4. The lowest BCUT2D eigenvalue weighted by molar-refractivity contribution is 0.583. The van der Waals surface area contributed by atoms with Crippen molar-refractivity contribution in [3.8, 4) is 11.4 Å². The Morgan fingerprint density at radius 2 is 2.05 bits per heavy atom. The Labute approximate surface area is 113 Å². The third-order valence-electron chi connectivity index (χ3n) is 2.71. The standard InChI is InChI=1S/C13H20N6/c1-4-6-14-13-8-11(16-10(3)17-13)12-9-15-18-19(12)7-5-2/h8-9H,4-7H2,1-3H3,(H,14,16,17). The topological polar surface area (TPSA) is 68.5 Å². The van der Waals surface area contributed by atoms with Crippen LogP contribution in [0.4, 0.5) is 5.82 Å². The van der Waals surface area contributed by atoms with E-state index in [1.54, 1.807) is 6.20 Å². The number of hydrogen-bond donors (Lipinski definition) is 1. The van der Waals surface area contributed by atoms with Crippen molar-refractivity contribution in [2.45, 2.75) is 40.2 Å². The Hall–Kier alpha value is -1.98. The first-order chi connectivity index (χ1) is 9.24. The molecule has 0 fully saturated rings. The van der Waals surface area contributed by atoms with Crippen molar-refractivity contribution >= 4 is 5.82 Å². The molecule has 2 rings (SSSR count). The SMILES string of the molecule is CCCNc1cc(-c2cnnn2CCC)nc(C)n1. The molecule has 0 saturated heterocycles. The highest BCUT2D eigenvalue weighted by molar-refractivity contribution is 5.58.